The van der Waals surface area contributed by atoms with Gasteiger partial charge >= 0.3 is 0 Å². The first-order chi connectivity index (χ1) is 9.02. The number of nitro benzene ring substituents is 1. The van der Waals surface area contributed by atoms with Crippen molar-refractivity contribution in [2.45, 2.75) is 6.92 Å². The van der Waals surface area contributed by atoms with Crippen LogP contribution in [0.3, 0.4) is 0 Å². The van der Waals surface area contributed by atoms with Crippen molar-refractivity contribution in [2.24, 2.45) is 0 Å². The number of aromatic nitrogens is 1. The topological polar surface area (TPSA) is 99.8 Å². The Kier molecular flexibility index (Phi) is 3.12. The standard InChI is InChI=1S/C13H9N3O3/c1-8-2-3-9(6-12(8)16(18)19)11-5-4-10(7-14)13(17)15-11/h2-6H,1H3,(H,15,17). The van der Waals surface area contributed by atoms with Crippen molar-refractivity contribution in [2.75, 3.05) is 0 Å². The van der Waals surface area contributed by atoms with Crippen molar-refractivity contribution in [3.05, 3.63) is 61.9 Å². The normalized spacial score (nSPS) is 9.89. The van der Waals surface area contributed by atoms with E-state index in [1.165, 1.54) is 12.1 Å². The Bertz CT molecular complexity index is 756. The van der Waals surface area contributed by atoms with E-state index in [9.17, 15) is 14.9 Å². The molecule has 2 rings (SSSR count). The van der Waals surface area contributed by atoms with E-state index in [4.69, 9.17) is 5.26 Å². The van der Waals surface area contributed by atoms with Gasteiger partial charge in [0.25, 0.3) is 11.2 Å². The van der Waals surface area contributed by atoms with Gasteiger partial charge in [-0.15, -0.1) is 0 Å². The molecule has 19 heavy (non-hydrogen) atoms. The number of hydrogen-bond acceptors (Lipinski definition) is 4. The Labute approximate surface area is 108 Å². The zero-order valence-corrected chi connectivity index (χ0v) is 10.0. The third-order valence-corrected chi connectivity index (χ3v) is 2.75. The van der Waals surface area contributed by atoms with Gasteiger partial charge in [0.1, 0.15) is 11.6 Å². The Balaban J connectivity index is 2.57. The average molecular weight is 255 g/mol. The van der Waals surface area contributed by atoms with Crippen molar-refractivity contribution in [3.8, 4) is 17.3 Å². The van der Waals surface area contributed by atoms with E-state index < -0.39 is 10.5 Å². The van der Waals surface area contributed by atoms with E-state index in [-0.39, 0.29) is 11.3 Å². The molecule has 0 fully saturated rings. The molecule has 0 atom stereocenters. The molecule has 0 aliphatic heterocycles. The molecule has 0 unspecified atom stereocenters. The lowest BCUT2D eigenvalue weighted by Crippen LogP contribution is -2.10. The van der Waals surface area contributed by atoms with Crippen molar-refractivity contribution >= 4 is 5.69 Å². The largest absolute Gasteiger partial charge is 0.321 e. The molecule has 0 bridgehead atoms. The van der Waals surface area contributed by atoms with Crippen LogP contribution in [0.4, 0.5) is 5.69 Å². The highest BCUT2D eigenvalue weighted by Crippen LogP contribution is 2.25. The number of H-pyrrole nitrogens is 1. The fourth-order valence-electron chi connectivity index (χ4n) is 1.70. The number of rotatable bonds is 2. The fraction of sp³-hybridized carbons (Fsp3) is 0.0769. The Morgan fingerprint density at radius 2 is 2.05 bits per heavy atom. The molecule has 2 aromatic rings. The summed E-state index contributed by atoms with van der Waals surface area (Å²) in [5.74, 6) is 0. The first kappa shape index (κ1) is 12.5. The van der Waals surface area contributed by atoms with Gasteiger partial charge in [0.05, 0.1) is 4.92 Å². The van der Waals surface area contributed by atoms with Gasteiger partial charge in [-0.3, -0.25) is 14.9 Å². The first-order valence-electron chi connectivity index (χ1n) is 5.42. The van der Waals surface area contributed by atoms with Crippen LogP contribution in [-0.4, -0.2) is 9.91 Å². The van der Waals surface area contributed by atoms with Crippen LogP contribution in [-0.2, 0) is 0 Å². The molecule has 0 radical (unpaired) electrons. The number of nitrogens with zero attached hydrogens (tertiary/aromatic N) is 2. The highest BCUT2D eigenvalue weighted by Gasteiger charge is 2.12. The van der Waals surface area contributed by atoms with Crippen LogP contribution >= 0.6 is 0 Å². The number of aromatic amines is 1. The molecule has 1 heterocycles. The van der Waals surface area contributed by atoms with E-state index in [1.807, 2.05) is 0 Å². The van der Waals surface area contributed by atoms with E-state index in [2.05, 4.69) is 4.98 Å². The van der Waals surface area contributed by atoms with Crippen molar-refractivity contribution in [3.63, 3.8) is 0 Å². The second-order valence-corrected chi connectivity index (χ2v) is 3.98. The maximum Gasteiger partial charge on any atom is 0.272 e. The van der Waals surface area contributed by atoms with Crippen LogP contribution in [0.15, 0.2) is 35.1 Å². The second kappa shape index (κ2) is 4.74. The van der Waals surface area contributed by atoms with Crippen molar-refractivity contribution in [1.82, 2.24) is 4.98 Å². The number of benzene rings is 1. The maximum absolute atomic E-state index is 11.5. The third-order valence-electron chi connectivity index (χ3n) is 2.75. The first-order valence-corrected chi connectivity index (χ1v) is 5.42. The minimum absolute atomic E-state index is 0.00496. The van der Waals surface area contributed by atoms with Gasteiger partial charge in [0.2, 0.25) is 0 Å². The van der Waals surface area contributed by atoms with E-state index in [0.717, 1.165) is 0 Å². The second-order valence-electron chi connectivity index (χ2n) is 3.98. The predicted molar refractivity (Wildman–Crippen MR) is 68.6 cm³/mol. The molecule has 0 aliphatic carbocycles. The summed E-state index contributed by atoms with van der Waals surface area (Å²) in [6, 6.07) is 9.39. The summed E-state index contributed by atoms with van der Waals surface area (Å²) in [6.45, 7) is 1.64. The van der Waals surface area contributed by atoms with Crippen LogP contribution in [0, 0.1) is 28.4 Å². The van der Waals surface area contributed by atoms with Crippen LogP contribution in [0.1, 0.15) is 11.1 Å². The number of aryl methyl sites for hydroxylation is 1. The number of pyridine rings is 1. The minimum atomic E-state index is -0.511. The molecule has 0 spiro atoms. The molecule has 1 aromatic heterocycles. The Morgan fingerprint density at radius 3 is 2.63 bits per heavy atom. The van der Waals surface area contributed by atoms with E-state index >= 15 is 0 Å². The van der Waals surface area contributed by atoms with Gasteiger partial charge in [-0.1, -0.05) is 12.1 Å². The molecule has 0 saturated carbocycles. The summed E-state index contributed by atoms with van der Waals surface area (Å²) in [4.78, 5) is 24.4. The predicted octanol–water partition coefficient (Wildman–Crippen LogP) is 2.13. The number of nitriles is 1. The van der Waals surface area contributed by atoms with Crippen LogP contribution in [0.2, 0.25) is 0 Å². The van der Waals surface area contributed by atoms with Gasteiger partial charge in [-0.2, -0.15) is 5.26 Å². The third kappa shape index (κ3) is 2.35. The van der Waals surface area contributed by atoms with Crippen molar-refractivity contribution < 1.29 is 4.92 Å². The molecule has 6 heteroatoms. The highest BCUT2D eigenvalue weighted by molar-refractivity contribution is 5.64. The molecule has 0 amide bonds. The quantitative estimate of drug-likeness (QED) is 0.656. The lowest BCUT2D eigenvalue weighted by Gasteiger charge is -2.03. The van der Waals surface area contributed by atoms with Gasteiger partial charge in [0, 0.05) is 22.9 Å². The summed E-state index contributed by atoms with van der Waals surface area (Å²) in [5.41, 5.74) is 0.993. The summed E-state index contributed by atoms with van der Waals surface area (Å²) < 4.78 is 0. The smallest absolute Gasteiger partial charge is 0.272 e. The lowest BCUT2D eigenvalue weighted by molar-refractivity contribution is -0.385. The zero-order valence-electron chi connectivity index (χ0n) is 10.0. The molecular formula is C13H9N3O3. The molecule has 6 nitrogen and oxygen atoms in total. The van der Waals surface area contributed by atoms with E-state index in [0.29, 0.717) is 16.8 Å². The molecule has 0 aliphatic rings. The summed E-state index contributed by atoms with van der Waals surface area (Å²) >= 11 is 0. The fourth-order valence-corrected chi connectivity index (χ4v) is 1.70. The molecule has 1 N–H and O–H groups in total. The van der Waals surface area contributed by atoms with E-state index in [1.54, 1.807) is 31.2 Å². The number of nitro groups is 1. The monoisotopic (exact) mass is 255 g/mol. The summed E-state index contributed by atoms with van der Waals surface area (Å²) in [5, 5.41) is 19.5. The lowest BCUT2D eigenvalue weighted by atomic mass is 10.1. The van der Waals surface area contributed by atoms with Crippen LogP contribution in [0.5, 0.6) is 0 Å². The zero-order chi connectivity index (χ0) is 14.0. The van der Waals surface area contributed by atoms with Gasteiger partial charge in [0.15, 0.2) is 0 Å². The van der Waals surface area contributed by atoms with Gasteiger partial charge < -0.3 is 4.98 Å². The molecular weight excluding hydrogens is 246 g/mol. The van der Waals surface area contributed by atoms with Crippen LogP contribution in [0.25, 0.3) is 11.3 Å². The summed E-state index contributed by atoms with van der Waals surface area (Å²) in [7, 11) is 0. The molecule has 94 valence electrons. The SMILES string of the molecule is Cc1ccc(-c2ccc(C#N)c(=O)[nH]2)cc1[N+](=O)[O-]. The highest BCUT2D eigenvalue weighted by atomic mass is 16.6. The summed E-state index contributed by atoms with van der Waals surface area (Å²) in [6.07, 6.45) is 0. The Morgan fingerprint density at radius 1 is 1.32 bits per heavy atom. The van der Waals surface area contributed by atoms with Crippen LogP contribution < -0.4 is 5.56 Å². The average Bonchev–Trinajstić information content (AvgIpc) is 2.38. The molecule has 0 saturated heterocycles. The van der Waals surface area contributed by atoms with Gasteiger partial charge in [-0.25, -0.2) is 0 Å². The van der Waals surface area contributed by atoms with Gasteiger partial charge in [-0.05, 0) is 19.1 Å². The minimum Gasteiger partial charge on any atom is -0.321 e. The number of hydrogen-bond donors (Lipinski definition) is 1. The Hall–Kier alpha value is -2.94. The number of nitrogens with one attached hydrogen (secondary N) is 1. The molecule has 1 aromatic carbocycles. The van der Waals surface area contributed by atoms with Crippen molar-refractivity contribution in [1.29, 1.82) is 5.26 Å². The maximum atomic E-state index is 11.5.